The Morgan fingerprint density at radius 1 is 1.40 bits per heavy atom. The number of rotatable bonds is 2. The van der Waals surface area contributed by atoms with Crippen LogP contribution in [-0.2, 0) is 10.0 Å². The first-order valence-electron chi connectivity index (χ1n) is 6.59. The molecule has 2 unspecified atom stereocenters. The van der Waals surface area contributed by atoms with Crippen LogP contribution in [0.5, 0.6) is 0 Å². The predicted octanol–water partition coefficient (Wildman–Crippen LogP) is 3.02. The van der Waals surface area contributed by atoms with Crippen LogP contribution in [0.15, 0.2) is 23.1 Å². The lowest BCUT2D eigenvalue weighted by Crippen LogP contribution is -2.45. The van der Waals surface area contributed by atoms with Gasteiger partial charge < -0.3 is 0 Å². The summed E-state index contributed by atoms with van der Waals surface area (Å²) in [6.07, 6.45) is 1.90. The van der Waals surface area contributed by atoms with Gasteiger partial charge in [-0.1, -0.05) is 18.5 Å². The lowest BCUT2D eigenvalue weighted by Gasteiger charge is -2.36. The summed E-state index contributed by atoms with van der Waals surface area (Å²) in [4.78, 5) is 0.0825. The average molecular weight is 313 g/mol. The average Bonchev–Trinajstić information content (AvgIpc) is 2.41. The molecule has 0 aliphatic carbocycles. The molecule has 1 aromatic carbocycles. The molecule has 4 nitrogen and oxygen atoms in total. The van der Waals surface area contributed by atoms with E-state index in [1.165, 1.54) is 22.5 Å². The molecule has 1 fully saturated rings. The highest BCUT2D eigenvalue weighted by atomic mass is 35.5. The summed E-state index contributed by atoms with van der Waals surface area (Å²) in [6.45, 7) is 4.51. The Labute approximate surface area is 125 Å². The SMILES string of the molecule is CC1CCCN(S(=O)(=O)c2ccc(C#N)cc2Cl)C1C. The van der Waals surface area contributed by atoms with E-state index in [1.807, 2.05) is 13.0 Å². The van der Waals surface area contributed by atoms with Crippen LogP contribution in [-0.4, -0.2) is 25.3 Å². The van der Waals surface area contributed by atoms with Gasteiger partial charge in [0.05, 0.1) is 16.7 Å². The highest BCUT2D eigenvalue weighted by Gasteiger charge is 2.35. The smallest absolute Gasteiger partial charge is 0.207 e. The Kier molecular flexibility index (Phi) is 4.38. The van der Waals surface area contributed by atoms with Gasteiger partial charge in [-0.2, -0.15) is 9.57 Å². The van der Waals surface area contributed by atoms with Gasteiger partial charge in [0.15, 0.2) is 0 Å². The largest absolute Gasteiger partial charge is 0.244 e. The van der Waals surface area contributed by atoms with Gasteiger partial charge in [-0.25, -0.2) is 8.42 Å². The van der Waals surface area contributed by atoms with Crippen molar-refractivity contribution in [3.8, 4) is 6.07 Å². The van der Waals surface area contributed by atoms with Gasteiger partial charge in [0.2, 0.25) is 10.0 Å². The number of hydrogen-bond acceptors (Lipinski definition) is 3. The number of sulfonamides is 1. The molecule has 0 aromatic heterocycles. The minimum atomic E-state index is -3.61. The van der Waals surface area contributed by atoms with Crippen molar-refractivity contribution < 1.29 is 8.42 Å². The van der Waals surface area contributed by atoms with E-state index in [9.17, 15) is 8.42 Å². The molecule has 20 heavy (non-hydrogen) atoms. The predicted molar refractivity (Wildman–Crippen MR) is 77.9 cm³/mol. The van der Waals surface area contributed by atoms with Crippen molar-refractivity contribution in [2.45, 2.75) is 37.6 Å². The highest BCUT2D eigenvalue weighted by Crippen LogP contribution is 2.32. The van der Waals surface area contributed by atoms with Crippen molar-refractivity contribution in [2.24, 2.45) is 5.92 Å². The minimum Gasteiger partial charge on any atom is -0.207 e. The van der Waals surface area contributed by atoms with Crippen molar-refractivity contribution in [1.29, 1.82) is 5.26 Å². The van der Waals surface area contributed by atoms with Gasteiger partial charge in [0, 0.05) is 12.6 Å². The normalized spacial score (nSPS) is 24.3. The Hall–Kier alpha value is -1.09. The molecule has 1 heterocycles. The molecule has 6 heteroatoms. The van der Waals surface area contributed by atoms with Crippen molar-refractivity contribution in [2.75, 3.05) is 6.54 Å². The summed E-state index contributed by atoms with van der Waals surface area (Å²) >= 11 is 6.04. The molecular formula is C14H17ClN2O2S. The van der Waals surface area contributed by atoms with Gasteiger partial charge in [-0.3, -0.25) is 0 Å². The molecule has 1 aromatic rings. The van der Waals surface area contributed by atoms with Gasteiger partial charge in [-0.05, 0) is 43.9 Å². The number of halogens is 1. The molecule has 0 N–H and O–H groups in total. The van der Waals surface area contributed by atoms with Gasteiger partial charge >= 0.3 is 0 Å². The van der Waals surface area contributed by atoms with E-state index in [-0.39, 0.29) is 16.0 Å². The van der Waals surface area contributed by atoms with Crippen molar-refractivity contribution in [3.63, 3.8) is 0 Å². The zero-order valence-electron chi connectivity index (χ0n) is 11.5. The second-order valence-corrected chi connectivity index (χ2v) is 7.50. The quantitative estimate of drug-likeness (QED) is 0.843. The van der Waals surface area contributed by atoms with Crippen molar-refractivity contribution in [1.82, 2.24) is 4.31 Å². The van der Waals surface area contributed by atoms with Gasteiger partial charge in [0.1, 0.15) is 4.90 Å². The Morgan fingerprint density at radius 2 is 2.10 bits per heavy atom. The topological polar surface area (TPSA) is 61.2 Å². The summed E-state index contributed by atoms with van der Waals surface area (Å²) in [7, 11) is -3.61. The molecule has 108 valence electrons. The zero-order chi connectivity index (χ0) is 14.9. The molecule has 0 spiro atoms. The van der Waals surface area contributed by atoms with E-state index in [4.69, 9.17) is 16.9 Å². The molecule has 0 bridgehead atoms. The molecule has 1 aliphatic rings. The van der Waals surface area contributed by atoms with E-state index in [2.05, 4.69) is 6.92 Å². The van der Waals surface area contributed by atoms with Crippen LogP contribution in [0, 0.1) is 17.2 Å². The monoisotopic (exact) mass is 312 g/mol. The number of nitriles is 1. The number of piperidine rings is 1. The fourth-order valence-corrected chi connectivity index (χ4v) is 4.83. The Bertz CT molecular complexity index is 652. The molecule has 0 saturated carbocycles. The van der Waals surface area contributed by atoms with Crippen LogP contribution in [0.25, 0.3) is 0 Å². The second kappa shape index (κ2) is 5.72. The number of hydrogen-bond donors (Lipinski definition) is 0. The summed E-state index contributed by atoms with van der Waals surface area (Å²) < 4.78 is 27.0. The lowest BCUT2D eigenvalue weighted by molar-refractivity contribution is 0.202. The maximum absolute atomic E-state index is 12.7. The van der Waals surface area contributed by atoms with Crippen LogP contribution in [0.4, 0.5) is 0 Å². The second-order valence-electron chi connectivity index (χ2n) is 5.23. The summed E-state index contributed by atoms with van der Waals surface area (Å²) in [5, 5.41) is 8.92. The first-order chi connectivity index (χ1) is 9.37. The van der Waals surface area contributed by atoms with Crippen molar-refractivity contribution >= 4 is 21.6 Å². The van der Waals surface area contributed by atoms with Crippen LogP contribution in [0.2, 0.25) is 5.02 Å². The van der Waals surface area contributed by atoms with E-state index in [0.717, 1.165) is 12.8 Å². The van der Waals surface area contributed by atoms with Gasteiger partial charge in [-0.15, -0.1) is 0 Å². The van der Waals surface area contributed by atoms with Gasteiger partial charge in [0.25, 0.3) is 0 Å². The Morgan fingerprint density at radius 3 is 2.70 bits per heavy atom. The molecule has 1 saturated heterocycles. The van der Waals surface area contributed by atoms with E-state index < -0.39 is 10.0 Å². The van der Waals surface area contributed by atoms with E-state index in [1.54, 1.807) is 0 Å². The van der Waals surface area contributed by atoms with E-state index >= 15 is 0 Å². The number of benzene rings is 1. The minimum absolute atomic E-state index is 0.0412. The number of nitrogens with zero attached hydrogens (tertiary/aromatic N) is 2. The summed E-state index contributed by atoms with van der Waals surface area (Å²) in [5.74, 6) is 0.329. The maximum Gasteiger partial charge on any atom is 0.244 e. The maximum atomic E-state index is 12.7. The standard InChI is InChI=1S/C14H17ClN2O2S/c1-10-4-3-7-17(11(10)2)20(18,19)14-6-5-12(9-16)8-13(14)15/h5-6,8,10-11H,3-4,7H2,1-2H3. The third-order valence-corrected chi connectivity index (χ3v) is 6.43. The Balaban J connectivity index is 2.43. The van der Waals surface area contributed by atoms with Crippen molar-refractivity contribution in [3.05, 3.63) is 28.8 Å². The molecule has 2 rings (SSSR count). The van der Waals surface area contributed by atoms with E-state index in [0.29, 0.717) is 18.0 Å². The molecule has 0 radical (unpaired) electrons. The zero-order valence-corrected chi connectivity index (χ0v) is 13.1. The first kappa shape index (κ1) is 15.3. The molecular weight excluding hydrogens is 296 g/mol. The highest BCUT2D eigenvalue weighted by molar-refractivity contribution is 7.89. The molecule has 0 amide bonds. The fourth-order valence-electron chi connectivity index (χ4n) is 2.54. The van der Waals surface area contributed by atoms with Crippen LogP contribution >= 0.6 is 11.6 Å². The fraction of sp³-hybridized carbons (Fsp3) is 0.500. The lowest BCUT2D eigenvalue weighted by atomic mass is 9.94. The molecule has 2 atom stereocenters. The third-order valence-electron chi connectivity index (χ3n) is 3.96. The first-order valence-corrected chi connectivity index (χ1v) is 8.41. The van der Waals surface area contributed by atoms with Crippen LogP contribution in [0.3, 0.4) is 0 Å². The third kappa shape index (κ3) is 2.69. The summed E-state index contributed by atoms with van der Waals surface area (Å²) in [5.41, 5.74) is 0.356. The van der Waals surface area contributed by atoms with Crippen LogP contribution < -0.4 is 0 Å². The summed E-state index contributed by atoms with van der Waals surface area (Å²) in [6, 6.07) is 6.20. The van der Waals surface area contributed by atoms with Crippen LogP contribution in [0.1, 0.15) is 32.3 Å². The molecule has 1 aliphatic heterocycles.